The van der Waals surface area contributed by atoms with Crippen LogP contribution in [-0.2, 0) is 0 Å². The number of hydrogen-bond donors (Lipinski definition) is 1. The third kappa shape index (κ3) is 3.69. The van der Waals surface area contributed by atoms with Crippen LogP contribution in [0.25, 0.3) is 0 Å². The molecular formula is C18H23FN2. The first-order valence-electron chi connectivity index (χ1n) is 7.36. The first-order valence-corrected chi connectivity index (χ1v) is 7.36. The molecule has 0 aromatic heterocycles. The number of halogens is 1. The van der Waals surface area contributed by atoms with Crippen LogP contribution < -0.4 is 5.73 Å². The van der Waals surface area contributed by atoms with E-state index in [1.807, 2.05) is 44.3 Å². The molecule has 0 bridgehead atoms. The van der Waals surface area contributed by atoms with E-state index in [1.54, 1.807) is 6.07 Å². The maximum Gasteiger partial charge on any atom is 0.127 e. The van der Waals surface area contributed by atoms with E-state index < -0.39 is 0 Å². The summed E-state index contributed by atoms with van der Waals surface area (Å²) in [7, 11) is 2.03. The van der Waals surface area contributed by atoms with Gasteiger partial charge in [-0.1, -0.05) is 48.5 Å². The van der Waals surface area contributed by atoms with Crippen LogP contribution in [0.1, 0.15) is 36.6 Å². The highest BCUT2D eigenvalue weighted by atomic mass is 19.1. The maximum absolute atomic E-state index is 14.0. The van der Waals surface area contributed by atoms with Crippen LogP contribution in [0.2, 0.25) is 0 Å². The van der Waals surface area contributed by atoms with Crippen LogP contribution in [0.5, 0.6) is 0 Å². The standard InChI is InChI=1S/C18H23FN2/c1-14(16-10-6-7-11-17(16)19)21(2)18(12-13-20)15-8-4-3-5-9-15/h3-11,14,18H,12-13,20H2,1-2H3. The summed E-state index contributed by atoms with van der Waals surface area (Å²) in [5, 5.41) is 0. The van der Waals surface area contributed by atoms with Gasteiger partial charge in [0.2, 0.25) is 0 Å². The number of nitrogens with zero attached hydrogens (tertiary/aromatic N) is 1. The second-order valence-corrected chi connectivity index (χ2v) is 5.37. The number of benzene rings is 2. The van der Waals surface area contributed by atoms with Gasteiger partial charge < -0.3 is 5.73 Å². The first kappa shape index (κ1) is 15.7. The Kier molecular flexibility index (Phi) is 5.48. The fourth-order valence-electron chi connectivity index (χ4n) is 2.74. The summed E-state index contributed by atoms with van der Waals surface area (Å²) in [5.74, 6) is -0.156. The highest BCUT2D eigenvalue weighted by Crippen LogP contribution is 2.31. The van der Waals surface area contributed by atoms with Crippen molar-refractivity contribution in [1.29, 1.82) is 0 Å². The molecule has 0 aliphatic rings. The second-order valence-electron chi connectivity index (χ2n) is 5.37. The van der Waals surface area contributed by atoms with Crippen LogP contribution in [0, 0.1) is 5.82 Å². The van der Waals surface area contributed by atoms with Gasteiger partial charge in [0, 0.05) is 17.6 Å². The van der Waals surface area contributed by atoms with Crippen LogP contribution in [0.3, 0.4) is 0 Å². The second kappa shape index (κ2) is 7.34. The van der Waals surface area contributed by atoms with E-state index in [9.17, 15) is 4.39 Å². The minimum Gasteiger partial charge on any atom is -0.330 e. The Balaban J connectivity index is 2.26. The van der Waals surface area contributed by atoms with E-state index in [-0.39, 0.29) is 17.9 Å². The molecule has 0 fully saturated rings. The zero-order chi connectivity index (χ0) is 15.2. The summed E-state index contributed by atoms with van der Waals surface area (Å²) < 4.78 is 14.0. The van der Waals surface area contributed by atoms with E-state index in [2.05, 4.69) is 17.0 Å². The van der Waals surface area contributed by atoms with E-state index in [0.717, 1.165) is 12.0 Å². The summed E-state index contributed by atoms with van der Waals surface area (Å²) in [6.45, 7) is 2.64. The van der Waals surface area contributed by atoms with E-state index in [1.165, 1.54) is 11.6 Å². The average molecular weight is 286 g/mol. The van der Waals surface area contributed by atoms with Crippen molar-refractivity contribution in [3.63, 3.8) is 0 Å². The summed E-state index contributed by atoms with van der Waals surface area (Å²) in [6, 6.07) is 17.4. The largest absolute Gasteiger partial charge is 0.330 e. The van der Waals surface area contributed by atoms with E-state index in [4.69, 9.17) is 5.73 Å². The molecule has 0 spiro atoms. The molecule has 0 aliphatic heterocycles. The normalized spacial score (nSPS) is 14.1. The summed E-state index contributed by atoms with van der Waals surface area (Å²) >= 11 is 0. The summed E-state index contributed by atoms with van der Waals surface area (Å²) in [4.78, 5) is 2.20. The molecule has 0 saturated heterocycles. The van der Waals surface area contributed by atoms with Gasteiger partial charge in [0.15, 0.2) is 0 Å². The summed E-state index contributed by atoms with van der Waals surface area (Å²) in [5.41, 5.74) is 7.71. The van der Waals surface area contributed by atoms with Gasteiger partial charge in [-0.3, -0.25) is 4.90 Å². The third-order valence-electron chi connectivity index (χ3n) is 4.08. The molecule has 0 radical (unpaired) electrons. The van der Waals surface area contributed by atoms with Gasteiger partial charge in [0.25, 0.3) is 0 Å². The SMILES string of the molecule is CC(c1ccccc1F)N(C)C(CCN)c1ccccc1. The van der Waals surface area contributed by atoms with Crippen molar-refractivity contribution in [1.82, 2.24) is 4.90 Å². The minimum absolute atomic E-state index is 0.0112. The molecule has 0 amide bonds. The molecule has 0 aliphatic carbocycles. The van der Waals surface area contributed by atoms with Crippen molar-refractivity contribution in [2.45, 2.75) is 25.4 Å². The molecule has 112 valence electrons. The highest BCUT2D eigenvalue weighted by molar-refractivity contribution is 5.23. The molecule has 2 atom stereocenters. The Hall–Kier alpha value is -1.71. The van der Waals surface area contributed by atoms with E-state index >= 15 is 0 Å². The van der Waals surface area contributed by atoms with Gasteiger partial charge >= 0.3 is 0 Å². The molecule has 2 aromatic carbocycles. The van der Waals surface area contributed by atoms with Crippen molar-refractivity contribution >= 4 is 0 Å². The van der Waals surface area contributed by atoms with Crippen molar-refractivity contribution < 1.29 is 4.39 Å². The van der Waals surface area contributed by atoms with Crippen molar-refractivity contribution in [2.75, 3.05) is 13.6 Å². The van der Waals surface area contributed by atoms with Crippen LogP contribution in [0.15, 0.2) is 54.6 Å². The zero-order valence-corrected chi connectivity index (χ0v) is 12.7. The monoisotopic (exact) mass is 286 g/mol. The Morgan fingerprint density at radius 2 is 1.67 bits per heavy atom. The van der Waals surface area contributed by atoms with Crippen molar-refractivity contribution in [3.05, 3.63) is 71.5 Å². The molecule has 2 rings (SSSR count). The predicted octanol–water partition coefficient (Wildman–Crippen LogP) is 3.91. The van der Waals surface area contributed by atoms with Crippen molar-refractivity contribution in [2.24, 2.45) is 5.73 Å². The van der Waals surface area contributed by atoms with Crippen LogP contribution in [0.4, 0.5) is 4.39 Å². The third-order valence-corrected chi connectivity index (χ3v) is 4.08. The highest BCUT2D eigenvalue weighted by Gasteiger charge is 2.23. The Morgan fingerprint density at radius 3 is 2.29 bits per heavy atom. The zero-order valence-electron chi connectivity index (χ0n) is 12.7. The molecule has 0 heterocycles. The molecular weight excluding hydrogens is 263 g/mol. The van der Waals surface area contributed by atoms with E-state index in [0.29, 0.717) is 6.54 Å². The Bertz CT molecular complexity index is 556. The molecule has 2 aromatic rings. The molecule has 0 saturated carbocycles. The lowest BCUT2D eigenvalue weighted by Gasteiger charge is -2.34. The average Bonchev–Trinajstić information content (AvgIpc) is 2.52. The fraction of sp³-hybridized carbons (Fsp3) is 0.333. The summed E-state index contributed by atoms with van der Waals surface area (Å²) in [6.07, 6.45) is 0.847. The number of nitrogens with two attached hydrogens (primary N) is 1. The lowest BCUT2D eigenvalue weighted by atomic mass is 9.98. The fourth-order valence-corrected chi connectivity index (χ4v) is 2.74. The predicted molar refractivity (Wildman–Crippen MR) is 85.4 cm³/mol. The van der Waals surface area contributed by atoms with Gasteiger partial charge in [0.05, 0.1) is 0 Å². The van der Waals surface area contributed by atoms with Gasteiger partial charge in [-0.05, 0) is 38.6 Å². The molecule has 2 N–H and O–H groups in total. The van der Waals surface area contributed by atoms with Gasteiger partial charge in [0.1, 0.15) is 5.82 Å². The smallest absolute Gasteiger partial charge is 0.127 e. The number of hydrogen-bond acceptors (Lipinski definition) is 2. The molecule has 3 heteroatoms. The molecule has 2 unspecified atom stereocenters. The number of rotatable bonds is 6. The van der Waals surface area contributed by atoms with Crippen LogP contribution in [-0.4, -0.2) is 18.5 Å². The minimum atomic E-state index is -0.156. The lowest BCUT2D eigenvalue weighted by molar-refractivity contribution is 0.175. The van der Waals surface area contributed by atoms with Gasteiger partial charge in [-0.15, -0.1) is 0 Å². The Labute approximate surface area is 126 Å². The quantitative estimate of drug-likeness (QED) is 0.872. The van der Waals surface area contributed by atoms with Crippen LogP contribution >= 0.6 is 0 Å². The Morgan fingerprint density at radius 1 is 1.05 bits per heavy atom. The lowest BCUT2D eigenvalue weighted by Crippen LogP contribution is -2.29. The first-order chi connectivity index (χ1) is 10.1. The topological polar surface area (TPSA) is 29.3 Å². The van der Waals surface area contributed by atoms with Crippen molar-refractivity contribution in [3.8, 4) is 0 Å². The molecule has 2 nitrogen and oxygen atoms in total. The molecule has 21 heavy (non-hydrogen) atoms. The van der Waals surface area contributed by atoms with Gasteiger partial charge in [-0.25, -0.2) is 4.39 Å². The van der Waals surface area contributed by atoms with Gasteiger partial charge in [-0.2, -0.15) is 0 Å². The maximum atomic E-state index is 14.0.